The highest BCUT2D eigenvalue weighted by Crippen LogP contribution is 2.13. The monoisotopic (exact) mass is 282 g/mol. The van der Waals surface area contributed by atoms with Crippen LogP contribution in [0.15, 0.2) is 0 Å². The van der Waals surface area contributed by atoms with Gasteiger partial charge in [0.15, 0.2) is 0 Å². The highest BCUT2D eigenvalue weighted by molar-refractivity contribution is 7.80. The molecule has 1 atom stereocenters. The minimum absolute atomic E-state index is 0.130. The Kier molecular flexibility index (Phi) is 10.6. The van der Waals surface area contributed by atoms with Gasteiger partial charge in [0.1, 0.15) is 0 Å². The van der Waals surface area contributed by atoms with Crippen molar-refractivity contribution in [2.45, 2.75) is 64.9 Å². The lowest BCUT2D eigenvalue weighted by atomic mass is 10.1. The van der Waals surface area contributed by atoms with Crippen LogP contribution in [0.3, 0.4) is 0 Å². The van der Waals surface area contributed by atoms with E-state index in [4.69, 9.17) is 9.29 Å². The largest absolute Gasteiger partial charge is 0.397 e. The van der Waals surface area contributed by atoms with Crippen LogP contribution in [0.2, 0.25) is 0 Å². The normalized spacial score (nSPS) is 13.7. The predicted octanol–water partition coefficient (Wildman–Crippen LogP) is 2.96. The molecule has 0 aromatic heterocycles. The van der Waals surface area contributed by atoms with Gasteiger partial charge in [0.05, 0.1) is 19.3 Å². The fraction of sp³-hybridized carbons (Fsp3) is 1.00. The van der Waals surface area contributed by atoms with Crippen molar-refractivity contribution >= 4 is 10.4 Å². The molecular formula is C12H26O5S. The van der Waals surface area contributed by atoms with E-state index in [1.54, 1.807) is 0 Å². The minimum atomic E-state index is -4.34. The van der Waals surface area contributed by atoms with Gasteiger partial charge in [-0.1, -0.05) is 46.0 Å². The third kappa shape index (κ3) is 12.3. The summed E-state index contributed by atoms with van der Waals surface area (Å²) in [4.78, 5) is 0. The molecule has 0 spiro atoms. The third-order valence-corrected chi connectivity index (χ3v) is 3.14. The van der Waals surface area contributed by atoms with Crippen molar-refractivity contribution in [1.29, 1.82) is 0 Å². The molecule has 0 saturated carbocycles. The number of unbranched alkanes of at least 4 members (excludes halogenated alkanes) is 3. The number of ether oxygens (including phenoxy) is 1. The molecular weight excluding hydrogens is 256 g/mol. The topological polar surface area (TPSA) is 72.8 Å². The second-order valence-corrected chi connectivity index (χ2v) is 5.47. The lowest BCUT2D eigenvalue weighted by Crippen LogP contribution is -2.18. The average molecular weight is 282 g/mol. The van der Waals surface area contributed by atoms with Gasteiger partial charge in [0, 0.05) is 0 Å². The number of hydrogen-bond donors (Lipinski definition) is 1. The van der Waals surface area contributed by atoms with Gasteiger partial charge in [-0.05, 0) is 12.8 Å². The molecule has 0 heterocycles. The first-order valence-electron chi connectivity index (χ1n) is 6.73. The van der Waals surface area contributed by atoms with Crippen molar-refractivity contribution in [3.63, 3.8) is 0 Å². The Morgan fingerprint density at radius 2 is 1.61 bits per heavy atom. The molecule has 0 aromatic rings. The number of hydrogen-bond acceptors (Lipinski definition) is 4. The van der Waals surface area contributed by atoms with Crippen LogP contribution < -0.4 is 0 Å². The maximum Gasteiger partial charge on any atom is 0.397 e. The predicted molar refractivity (Wildman–Crippen MR) is 70.9 cm³/mol. The van der Waals surface area contributed by atoms with Gasteiger partial charge < -0.3 is 4.74 Å². The van der Waals surface area contributed by atoms with E-state index >= 15 is 0 Å². The Hall–Kier alpha value is -0.170. The van der Waals surface area contributed by atoms with Crippen LogP contribution in [-0.4, -0.2) is 32.3 Å². The molecule has 0 radical (unpaired) electrons. The van der Waals surface area contributed by atoms with Crippen LogP contribution in [0.4, 0.5) is 0 Å². The fourth-order valence-electron chi connectivity index (χ4n) is 1.72. The Balaban J connectivity index is 3.77. The summed E-state index contributed by atoms with van der Waals surface area (Å²) in [6.45, 7) is 4.35. The van der Waals surface area contributed by atoms with Crippen molar-refractivity contribution in [3.05, 3.63) is 0 Å². The van der Waals surface area contributed by atoms with Gasteiger partial charge in [-0.3, -0.25) is 4.55 Å². The molecule has 110 valence electrons. The first kappa shape index (κ1) is 17.8. The molecule has 0 aliphatic carbocycles. The average Bonchev–Trinajstić information content (AvgIpc) is 2.29. The van der Waals surface area contributed by atoms with E-state index in [2.05, 4.69) is 18.0 Å². The van der Waals surface area contributed by atoms with Gasteiger partial charge in [-0.25, -0.2) is 4.18 Å². The number of rotatable bonds is 12. The molecule has 0 aromatic carbocycles. The second kappa shape index (κ2) is 10.7. The van der Waals surface area contributed by atoms with E-state index in [-0.39, 0.29) is 19.3 Å². The summed E-state index contributed by atoms with van der Waals surface area (Å²) in [5.41, 5.74) is 0. The summed E-state index contributed by atoms with van der Waals surface area (Å²) >= 11 is 0. The van der Waals surface area contributed by atoms with E-state index in [1.165, 1.54) is 12.8 Å². The van der Waals surface area contributed by atoms with E-state index < -0.39 is 10.4 Å². The summed E-state index contributed by atoms with van der Waals surface area (Å²) < 4.78 is 38.9. The van der Waals surface area contributed by atoms with Crippen molar-refractivity contribution in [3.8, 4) is 0 Å². The van der Waals surface area contributed by atoms with E-state index in [9.17, 15) is 8.42 Å². The van der Waals surface area contributed by atoms with Crippen LogP contribution in [0, 0.1) is 0 Å². The molecule has 18 heavy (non-hydrogen) atoms. The summed E-state index contributed by atoms with van der Waals surface area (Å²) in [5.74, 6) is 0. The van der Waals surface area contributed by atoms with Crippen LogP contribution in [0.1, 0.15) is 58.8 Å². The van der Waals surface area contributed by atoms with Crippen LogP contribution in [0.5, 0.6) is 0 Å². The van der Waals surface area contributed by atoms with Gasteiger partial charge in [-0.2, -0.15) is 8.42 Å². The van der Waals surface area contributed by atoms with Crippen LogP contribution in [-0.2, 0) is 19.3 Å². The molecule has 0 amide bonds. The third-order valence-electron chi connectivity index (χ3n) is 2.68. The maximum absolute atomic E-state index is 10.3. The molecule has 0 rings (SSSR count). The highest BCUT2D eigenvalue weighted by Gasteiger charge is 2.09. The van der Waals surface area contributed by atoms with Crippen molar-refractivity contribution in [1.82, 2.24) is 0 Å². The fourth-order valence-corrected chi connectivity index (χ4v) is 2.00. The van der Waals surface area contributed by atoms with Crippen molar-refractivity contribution < 1.29 is 21.9 Å². The van der Waals surface area contributed by atoms with Crippen molar-refractivity contribution in [2.75, 3.05) is 13.2 Å². The molecule has 6 heteroatoms. The Morgan fingerprint density at radius 3 is 2.17 bits per heavy atom. The summed E-state index contributed by atoms with van der Waals surface area (Å²) in [6, 6.07) is 0. The summed E-state index contributed by atoms with van der Waals surface area (Å²) in [7, 11) is -4.34. The molecule has 5 nitrogen and oxygen atoms in total. The van der Waals surface area contributed by atoms with E-state index in [0.29, 0.717) is 0 Å². The van der Waals surface area contributed by atoms with Gasteiger partial charge in [-0.15, -0.1) is 0 Å². The van der Waals surface area contributed by atoms with Gasteiger partial charge in [0.2, 0.25) is 0 Å². The summed E-state index contributed by atoms with van der Waals surface area (Å²) in [5, 5.41) is 0. The molecule has 0 bridgehead atoms. The zero-order chi connectivity index (χ0) is 13.9. The summed E-state index contributed by atoms with van der Waals surface area (Å²) in [6.07, 6.45) is 7.88. The van der Waals surface area contributed by atoms with Gasteiger partial charge in [0.25, 0.3) is 0 Å². The second-order valence-electron chi connectivity index (χ2n) is 4.38. The Morgan fingerprint density at radius 1 is 1.00 bits per heavy atom. The lowest BCUT2D eigenvalue weighted by molar-refractivity contribution is 0.0206. The zero-order valence-electron chi connectivity index (χ0n) is 11.4. The lowest BCUT2D eigenvalue weighted by Gasteiger charge is -2.17. The maximum atomic E-state index is 10.3. The Bertz CT molecular complexity index is 276. The quantitative estimate of drug-likeness (QED) is 0.440. The first-order valence-corrected chi connectivity index (χ1v) is 8.09. The van der Waals surface area contributed by atoms with Gasteiger partial charge >= 0.3 is 10.4 Å². The molecule has 0 saturated heterocycles. The standard InChI is InChI=1S/C12H26O5S/c1-3-5-7-9-12(8-6-4-2)16-10-11-17-18(13,14)15/h12H,3-11H2,1-2H3,(H,13,14,15). The molecule has 1 unspecified atom stereocenters. The van der Waals surface area contributed by atoms with Crippen LogP contribution in [0.25, 0.3) is 0 Å². The molecule has 1 N–H and O–H groups in total. The Labute approximate surface area is 111 Å². The smallest absolute Gasteiger partial charge is 0.376 e. The van der Waals surface area contributed by atoms with E-state index in [1.807, 2.05) is 0 Å². The highest BCUT2D eigenvalue weighted by atomic mass is 32.3. The first-order chi connectivity index (χ1) is 8.49. The van der Waals surface area contributed by atoms with E-state index in [0.717, 1.165) is 32.1 Å². The zero-order valence-corrected chi connectivity index (χ0v) is 12.2. The SMILES string of the molecule is CCCCCC(CCCC)OCCOS(=O)(=O)O. The molecule has 0 fully saturated rings. The van der Waals surface area contributed by atoms with Crippen molar-refractivity contribution in [2.24, 2.45) is 0 Å². The minimum Gasteiger partial charge on any atom is -0.376 e. The molecule has 0 aliphatic rings. The van der Waals surface area contributed by atoms with Crippen LogP contribution >= 0.6 is 0 Å². The molecule has 0 aliphatic heterocycles.